The Morgan fingerprint density at radius 3 is 2.62 bits per heavy atom. The molecule has 4 aliphatic rings. The molecule has 4 aromatic heterocycles. The number of hydrogen-bond acceptors (Lipinski definition) is 18. The Labute approximate surface area is 250 Å². The number of fused-ring (bicyclic) bond motifs is 3. The van der Waals surface area contributed by atoms with Crippen LogP contribution in [0, 0.1) is 0 Å². The lowest BCUT2D eigenvalue weighted by Gasteiger charge is -2.42. The molecule has 8 rings (SSSR count). The minimum absolute atomic E-state index is 0.00212. The van der Waals surface area contributed by atoms with Crippen molar-refractivity contribution < 1.29 is 51.4 Å². The lowest BCUT2D eigenvalue weighted by atomic mass is 9.91. The number of aliphatic hydroxyl groups excluding tert-OH is 1. The Morgan fingerprint density at radius 2 is 1.84 bits per heavy atom. The van der Waals surface area contributed by atoms with Crippen LogP contribution in [0.3, 0.4) is 0 Å². The SMILES string of the molecule is Nc1nc2c(ncn2[C@@H]2O[C@@]34CO[C@H]3[C@H]2OP(=O)(O)OCC2O[C@@H](n3cnc5c(N)ncnc53)[C@H](O)[C@@H]2O[P+](=O)OC4)c(=O)[nH]1. The zero-order valence-corrected chi connectivity index (χ0v) is 24.3. The van der Waals surface area contributed by atoms with Crippen LogP contribution in [0.25, 0.3) is 22.3 Å². The van der Waals surface area contributed by atoms with Crippen LogP contribution in [0.5, 0.6) is 0 Å². The molecular formula is C21H23N10O12P2+. The van der Waals surface area contributed by atoms with Crippen LogP contribution in [0.2, 0.25) is 0 Å². The molecule has 238 valence electrons. The summed E-state index contributed by atoms with van der Waals surface area (Å²) in [5.41, 5.74) is 10.0. The van der Waals surface area contributed by atoms with E-state index in [0.717, 1.165) is 0 Å². The quantitative estimate of drug-likeness (QED) is 0.154. The van der Waals surface area contributed by atoms with Gasteiger partial charge in [0.25, 0.3) is 5.56 Å². The zero-order chi connectivity index (χ0) is 31.2. The fourth-order valence-corrected chi connectivity index (χ4v) is 7.60. The van der Waals surface area contributed by atoms with Gasteiger partial charge in [-0.3, -0.25) is 28.0 Å². The van der Waals surface area contributed by atoms with Crippen LogP contribution < -0.4 is 17.0 Å². The highest BCUT2D eigenvalue weighted by atomic mass is 31.2. The molecule has 0 aliphatic carbocycles. The summed E-state index contributed by atoms with van der Waals surface area (Å²) in [4.78, 5) is 45.9. The molecule has 0 spiro atoms. The number of nitrogens with one attached hydrogen (secondary N) is 1. The third-order valence-corrected chi connectivity index (χ3v) is 9.68. The molecule has 4 aliphatic heterocycles. The lowest BCUT2D eigenvalue weighted by molar-refractivity contribution is -0.243. The van der Waals surface area contributed by atoms with E-state index in [1.807, 2.05) is 0 Å². The molecule has 8 heterocycles. The lowest BCUT2D eigenvalue weighted by Crippen LogP contribution is -2.61. The summed E-state index contributed by atoms with van der Waals surface area (Å²) < 4.78 is 69.0. The van der Waals surface area contributed by atoms with E-state index in [4.69, 9.17) is 43.8 Å². The summed E-state index contributed by atoms with van der Waals surface area (Å²) in [6, 6.07) is 0. The summed E-state index contributed by atoms with van der Waals surface area (Å²) in [5.74, 6) is -0.119. The van der Waals surface area contributed by atoms with E-state index in [2.05, 4.69) is 29.9 Å². The third-order valence-electron chi connectivity index (χ3n) is 7.94. The van der Waals surface area contributed by atoms with Gasteiger partial charge in [-0.05, 0) is 0 Å². The average molecular weight is 669 g/mol. The molecule has 4 aromatic rings. The summed E-state index contributed by atoms with van der Waals surface area (Å²) in [5, 5.41) is 11.2. The van der Waals surface area contributed by atoms with Gasteiger partial charge in [0.1, 0.15) is 42.9 Å². The molecule has 3 unspecified atom stereocenters. The molecule has 22 nitrogen and oxygen atoms in total. The number of rotatable bonds is 2. The molecule has 0 saturated carbocycles. The Hall–Kier alpha value is -3.53. The number of nitrogen functional groups attached to an aromatic ring is 2. The van der Waals surface area contributed by atoms with Gasteiger partial charge >= 0.3 is 16.1 Å². The molecular weight excluding hydrogens is 646 g/mol. The van der Waals surface area contributed by atoms with Crippen LogP contribution in [0.15, 0.2) is 23.8 Å². The minimum Gasteiger partial charge on any atom is -0.385 e. The highest BCUT2D eigenvalue weighted by molar-refractivity contribution is 7.47. The molecule has 4 fully saturated rings. The number of hydrogen-bond donors (Lipinski definition) is 5. The van der Waals surface area contributed by atoms with Crippen LogP contribution in [-0.4, -0.2) is 105 Å². The molecule has 0 amide bonds. The molecule has 10 atom stereocenters. The van der Waals surface area contributed by atoms with Crippen LogP contribution in [-0.2, 0) is 41.4 Å². The van der Waals surface area contributed by atoms with Crippen molar-refractivity contribution >= 4 is 50.2 Å². The number of anilines is 2. The predicted molar refractivity (Wildman–Crippen MR) is 144 cm³/mol. The number of aromatic nitrogens is 8. The van der Waals surface area contributed by atoms with Crippen LogP contribution >= 0.6 is 16.1 Å². The normalized spacial score (nSPS) is 37.8. The standard InChI is InChI=1S/C21H22N10O12P2/c22-14-8-15(25-4-24-14)30(5-26-8)18-10(32)11-7(40-18)1-39-45(35,36)43-12-13-21(2-37-13,3-38-44(34)42-11)41-19(12)31-6-27-9-16(31)28-20(23)29-17(9)33/h4-7,10-13,18-19,32H,1-3H2,(H5-,22,23,24,25,28,29,33,35,36)/p+1/t7?,10-,11-,12-,13+,18-,19-,21-/m1/s1. The predicted octanol–water partition coefficient (Wildman–Crippen LogP) is -1.38. The molecule has 0 radical (unpaired) electrons. The third kappa shape index (κ3) is 4.57. The van der Waals surface area contributed by atoms with E-state index in [1.54, 1.807) is 0 Å². The van der Waals surface area contributed by atoms with E-state index in [1.165, 1.54) is 28.1 Å². The number of nitrogens with zero attached hydrogens (tertiary/aromatic N) is 7. The van der Waals surface area contributed by atoms with Crippen molar-refractivity contribution in [3.05, 3.63) is 29.3 Å². The van der Waals surface area contributed by atoms with Crippen molar-refractivity contribution in [1.29, 1.82) is 0 Å². The van der Waals surface area contributed by atoms with Gasteiger partial charge < -0.3 is 35.7 Å². The molecule has 2 bridgehead atoms. The number of nitrogens with two attached hydrogens (primary N) is 2. The van der Waals surface area contributed by atoms with Crippen molar-refractivity contribution in [2.45, 2.75) is 48.6 Å². The number of aliphatic hydroxyl groups is 1. The maximum Gasteiger partial charge on any atom is 0.697 e. The minimum atomic E-state index is -4.95. The smallest absolute Gasteiger partial charge is 0.385 e. The van der Waals surface area contributed by atoms with Gasteiger partial charge in [-0.15, -0.1) is 9.05 Å². The molecule has 0 aromatic carbocycles. The number of ether oxygens (including phenoxy) is 3. The van der Waals surface area contributed by atoms with Crippen molar-refractivity contribution in [3.63, 3.8) is 0 Å². The Bertz CT molecular complexity index is 1950. The second kappa shape index (κ2) is 10.2. The van der Waals surface area contributed by atoms with Crippen molar-refractivity contribution in [2.24, 2.45) is 0 Å². The van der Waals surface area contributed by atoms with Crippen LogP contribution in [0.4, 0.5) is 11.8 Å². The number of imidazole rings is 2. The molecule has 7 N–H and O–H groups in total. The van der Waals surface area contributed by atoms with Gasteiger partial charge in [0.2, 0.25) is 5.95 Å². The average Bonchev–Trinajstić information content (AvgIpc) is 3.71. The molecule has 4 saturated heterocycles. The Morgan fingerprint density at radius 1 is 1.07 bits per heavy atom. The molecule has 45 heavy (non-hydrogen) atoms. The van der Waals surface area contributed by atoms with Crippen molar-refractivity contribution in [2.75, 3.05) is 31.3 Å². The monoisotopic (exact) mass is 669 g/mol. The van der Waals surface area contributed by atoms with Gasteiger partial charge in [-0.1, -0.05) is 0 Å². The van der Waals surface area contributed by atoms with E-state index >= 15 is 0 Å². The number of phosphoric ester groups is 1. The topological polar surface area (TPSA) is 298 Å². The summed E-state index contributed by atoms with van der Waals surface area (Å²) >= 11 is 0. The second-order valence-electron chi connectivity index (χ2n) is 10.6. The molecule has 24 heteroatoms. The number of H-pyrrole nitrogens is 1. The first-order valence-electron chi connectivity index (χ1n) is 13.2. The summed E-state index contributed by atoms with van der Waals surface area (Å²) in [6.07, 6.45) is -5.27. The first kappa shape index (κ1) is 28.9. The summed E-state index contributed by atoms with van der Waals surface area (Å²) in [7, 11) is -7.89. The van der Waals surface area contributed by atoms with E-state index in [-0.39, 0.29) is 47.3 Å². The zero-order valence-electron chi connectivity index (χ0n) is 22.6. The fourth-order valence-electron chi connectivity index (χ4n) is 5.84. The first-order valence-corrected chi connectivity index (χ1v) is 15.8. The van der Waals surface area contributed by atoms with Gasteiger partial charge in [-0.2, -0.15) is 4.98 Å². The van der Waals surface area contributed by atoms with E-state index < -0.39 is 76.8 Å². The fraction of sp³-hybridized carbons (Fsp3) is 0.524. The highest BCUT2D eigenvalue weighted by Gasteiger charge is 2.67. The van der Waals surface area contributed by atoms with Gasteiger partial charge in [0, 0.05) is 4.57 Å². The van der Waals surface area contributed by atoms with Crippen molar-refractivity contribution in [3.8, 4) is 0 Å². The van der Waals surface area contributed by atoms with E-state index in [9.17, 15) is 23.9 Å². The maximum atomic E-state index is 13.4. The Kier molecular flexibility index (Phi) is 6.58. The maximum absolute atomic E-state index is 13.4. The van der Waals surface area contributed by atoms with Crippen molar-refractivity contribution in [1.82, 2.24) is 39.0 Å². The first-order chi connectivity index (χ1) is 21.5. The van der Waals surface area contributed by atoms with E-state index in [0.29, 0.717) is 0 Å². The second-order valence-corrected chi connectivity index (χ2v) is 12.9. The van der Waals surface area contributed by atoms with Gasteiger partial charge in [0.15, 0.2) is 46.8 Å². The largest absolute Gasteiger partial charge is 0.697 e. The highest BCUT2D eigenvalue weighted by Crippen LogP contribution is 2.56. The van der Waals surface area contributed by atoms with Crippen LogP contribution in [0.1, 0.15) is 12.5 Å². The van der Waals surface area contributed by atoms with Gasteiger partial charge in [-0.25, -0.2) is 24.5 Å². The summed E-state index contributed by atoms with van der Waals surface area (Å²) in [6.45, 7) is -1.15. The number of phosphoric acid groups is 1. The Balaban J connectivity index is 1.12. The number of aromatic amines is 1. The van der Waals surface area contributed by atoms with Gasteiger partial charge in [0.05, 0.1) is 25.9 Å².